The van der Waals surface area contributed by atoms with Crippen LogP contribution < -0.4 is 0 Å². The van der Waals surface area contributed by atoms with Crippen LogP contribution in [0.5, 0.6) is 0 Å². The largest absolute Gasteiger partial charge is 0.337 e. The summed E-state index contributed by atoms with van der Waals surface area (Å²) in [5, 5.41) is 1.42. The van der Waals surface area contributed by atoms with Gasteiger partial charge in [0.2, 0.25) is 0 Å². The molecule has 1 aromatic heterocycles. The molecular formula is C13H14Cl2N2. The van der Waals surface area contributed by atoms with Gasteiger partial charge in [-0.2, -0.15) is 0 Å². The standard InChI is InChI=1S/C13H14Cl2N2/c1-2-10(8-17-6-5-16-9-17)12-4-3-11(14)7-13(12)15/h3-7,9-10H,2,8H2,1H3. The Balaban J connectivity index is 2.23. The summed E-state index contributed by atoms with van der Waals surface area (Å²) in [6.45, 7) is 3.05. The predicted molar refractivity (Wildman–Crippen MR) is 71.7 cm³/mol. The first-order chi connectivity index (χ1) is 8.20. The molecule has 1 heterocycles. The zero-order valence-corrected chi connectivity index (χ0v) is 11.1. The Bertz CT molecular complexity index is 480. The lowest BCUT2D eigenvalue weighted by Crippen LogP contribution is -2.07. The van der Waals surface area contributed by atoms with E-state index in [1.54, 1.807) is 12.3 Å². The first kappa shape index (κ1) is 12.5. The van der Waals surface area contributed by atoms with Gasteiger partial charge >= 0.3 is 0 Å². The Hall–Kier alpha value is -0.990. The Morgan fingerprint density at radius 3 is 2.76 bits per heavy atom. The third kappa shape index (κ3) is 3.02. The molecule has 2 nitrogen and oxygen atoms in total. The first-order valence-electron chi connectivity index (χ1n) is 5.61. The summed E-state index contributed by atoms with van der Waals surface area (Å²) in [5.74, 6) is 0.383. The van der Waals surface area contributed by atoms with Crippen LogP contribution in [0.3, 0.4) is 0 Å². The van der Waals surface area contributed by atoms with E-state index in [2.05, 4.69) is 16.5 Å². The zero-order chi connectivity index (χ0) is 12.3. The molecule has 2 rings (SSSR count). The van der Waals surface area contributed by atoms with Crippen LogP contribution >= 0.6 is 23.2 Å². The maximum atomic E-state index is 6.23. The highest BCUT2D eigenvalue weighted by molar-refractivity contribution is 6.35. The van der Waals surface area contributed by atoms with E-state index in [9.17, 15) is 0 Å². The van der Waals surface area contributed by atoms with E-state index in [0.717, 1.165) is 23.6 Å². The summed E-state index contributed by atoms with van der Waals surface area (Å²) in [5.41, 5.74) is 1.15. The highest BCUT2D eigenvalue weighted by Gasteiger charge is 2.13. The Morgan fingerprint density at radius 1 is 1.35 bits per heavy atom. The van der Waals surface area contributed by atoms with Crippen LogP contribution in [-0.4, -0.2) is 9.55 Å². The van der Waals surface area contributed by atoms with Gasteiger partial charge in [-0.05, 0) is 24.1 Å². The van der Waals surface area contributed by atoms with E-state index >= 15 is 0 Å². The van der Waals surface area contributed by atoms with Gasteiger partial charge in [0, 0.05) is 34.9 Å². The molecule has 0 saturated carbocycles. The van der Waals surface area contributed by atoms with Crippen molar-refractivity contribution in [2.75, 3.05) is 0 Å². The molecule has 1 atom stereocenters. The van der Waals surface area contributed by atoms with E-state index in [1.165, 1.54) is 0 Å². The molecule has 4 heteroatoms. The van der Waals surface area contributed by atoms with Crippen molar-refractivity contribution in [1.82, 2.24) is 9.55 Å². The molecular weight excluding hydrogens is 255 g/mol. The average Bonchev–Trinajstić information content (AvgIpc) is 2.79. The molecule has 0 saturated heterocycles. The maximum absolute atomic E-state index is 6.23. The number of rotatable bonds is 4. The van der Waals surface area contributed by atoms with Gasteiger partial charge in [-0.15, -0.1) is 0 Å². The fourth-order valence-electron chi connectivity index (χ4n) is 1.93. The van der Waals surface area contributed by atoms with Gasteiger partial charge in [0.05, 0.1) is 6.33 Å². The number of imidazole rings is 1. The van der Waals surface area contributed by atoms with Gasteiger partial charge in [-0.3, -0.25) is 0 Å². The molecule has 2 aromatic rings. The molecule has 0 fully saturated rings. The molecule has 0 aliphatic heterocycles. The maximum Gasteiger partial charge on any atom is 0.0946 e. The average molecular weight is 269 g/mol. The van der Waals surface area contributed by atoms with Crippen molar-refractivity contribution < 1.29 is 0 Å². The first-order valence-corrected chi connectivity index (χ1v) is 6.37. The van der Waals surface area contributed by atoms with Crippen molar-refractivity contribution in [3.05, 3.63) is 52.5 Å². The minimum absolute atomic E-state index is 0.383. The third-order valence-electron chi connectivity index (χ3n) is 2.89. The fourth-order valence-corrected chi connectivity index (χ4v) is 2.49. The number of aromatic nitrogens is 2. The van der Waals surface area contributed by atoms with Gasteiger partial charge in [-0.1, -0.05) is 36.2 Å². The second kappa shape index (κ2) is 5.56. The van der Waals surface area contributed by atoms with E-state index in [-0.39, 0.29) is 0 Å². The molecule has 90 valence electrons. The van der Waals surface area contributed by atoms with E-state index in [1.807, 2.05) is 24.7 Å². The van der Waals surface area contributed by atoms with E-state index in [0.29, 0.717) is 10.9 Å². The summed E-state index contributed by atoms with van der Waals surface area (Å²) in [7, 11) is 0. The smallest absolute Gasteiger partial charge is 0.0946 e. The number of hydrogen-bond acceptors (Lipinski definition) is 1. The molecule has 1 aromatic carbocycles. The molecule has 0 aliphatic carbocycles. The molecule has 0 amide bonds. The van der Waals surface area contributed by atoms with Crippen molar-refractivity contribution in [2.45, 2.75) is 25.8 Å². The van der Waals surface area contributed by atoms with Gasteiger partial charge < -0.3 is 4.57 Å². The summed E-state index contributed by atoms with van der Waals surface area (Å²) in [4.78, 5) is 4.05. The van der Waals surface area contributed by atoms with Crippen molar-refractivity contribution in [3.8, 4) is 0 Å². The van der Waals surface area contributed by atoms with Crippen molar-refractivity contribution >= 4 is 23.2 Å². The van der Waals surface area contributed by atoms with Crippen molar-refractivity contribution in [1.29, 1.82) is 0 Å². The van der Waals surface area contributed by atoms with Crippen molar-refractivity contribution in [2.24, 2.45) is 0 Å². The number of nitrogens with zero attached hydrogens (tertiary/aromatic N) is 2. The monoisotopic (exact) mass is 268 g/mol. The summed E-state index contributed by atoms with van der Waals surface area (Å²) < 4.78 is 2.07. The number of benzene rings is 1. The molecule has 17 heavy (non-hydrogen) atoms. The van der Waals surface area contributed by atoms with E-state index in [4.69, 9.17) is 23.2 Å². The van der Waals surface area contributed by atoms with Gasteiger partial charge in [0.25, 0.3) is 0 Å². The third-order valence-corrected chi connectivity index (χ3v) is 3.45. The highest BCUT2D eigenvalue weighted by atomic mass is 35.5. The van der Waals surface area contributed by atoms with Crippen LogP contribution in [0.4, 0.5) is 0 Å². The second-order valence-corrected chi connectivity index (χ2v) is 4.87. The zero-order valence-electron chi connectivity index (χ0n) is 9.61. The number of halogens is 2. The highest BCUT2D eigenvalue weighted by Crippen LogP contribution is 2.30. The summed E-state index contributed by atoms with van der Waals surface area (Å²) in [6.07, 6.45) is 6.61. The summed E-state index contributed by atoms with van der Waals surface area (Å²) >= 11 is 12.1. The lowest BCUT2D eigenvalue weighted by molar-refractivity contribution is 0.545. The quantitative estimate of drug-likeness (QED) is 0.805. The van der Waals surface area contributed by atoms with Crippen LogP contribution in [0.15, 0.2) is 36.9 Å². The lowest BCUT2D eigenvalue weighted by Gasteiger charge is -2.17. The van der Waals surface area contributed by atoms with Crippen LogP contribution in [0.2, 0.25) is 10.0 Å². The lowest BCUT2D eigenvalue weighted by atomic mass is 9.96. The predicted octanol–water partition coefficient (Wildman–Crippen LogP) is 4.38. The minimum atomic E-state index is 0.383. The SMILES string of the molecule is CCC(Cn1ccnc1)c1ccc(Cl)cc1Cl. The topological polar surface area (TPSA) is 17.8 Å². The number of hydrogen-bond donors (Lipinski definition) is 0. The van der Waals surface area contributed by atoms with Crippen LogP contribution in [-0.2, 0) is 6.54 Å². The summed E-state index contributed by atoms with van der Waals surface area (Å²) in [6, 6.07) is 5.70. The molecule has 0 bridgehead atoms. The molecule has 0 spiro atoms. The molecule has 0 N–H and O–H groups in total. The fraction of sp³-hybridized carbons (Fsp3) is 0.308. The molecule has 1 unspecified atom stereocenters. The Labute approximate surface area is 111 Å². The van der Waals surface area contributed by atoms with Crippen LogP contribution in [0.1, 0.15) is 24.8 Å². The Morgan fingerprint density at radius 2 is 2.18 bits per heavy atom. The second-order valence-electron chi connectivity index (χ2n) is 4.03. The van der Waals surface area contributed by atoms with Crippen LogP contribution in [0, 0.1) is 0 Å². The van der Waals surface area contributed by atoms with Gasteiger partial charge in [0.15, 0.2) is 0 Å². The minimum Gasteiger partial charge on any atom is -0.337 e. The molecule has 0 radical (unpaired) electrons. The van der Waals surface area contributed by atoms with E-state index < -0.39 is 0 Å². The van der Waals surface area contributed by atoms with Crippen LogP contribution in [0.25, 0.3) is 0 Å². The Kier molecular flexibility index (Phi) is 4.08. The van der Waals surface area contributed by atoms with Gasteiger partial charge in [-0.25, -0.2) is 4.98 Å². The normalized spacial score (nSPS) is 12.6. The van der Waals surface area contributed by atoms with Gasteiger partial charge in [0.1, 0.15) is 0 Å². The van der Waals surface area contributed by atoms with Crippen molar-refractivity contribution in [3.63, 3.8) is 0 Å². The molecule has 0 aliphatic rings.